The van der Waals surface area contributed by atoms with Gasteiger partial charge in [-0.15, -0.1) is 0 Å². The van der Waals surface area contributed by atoms with Crippen LogP contribution in [-0.4, -0.2) is 23.0 Å². The molecule has 1 aliphatic rings. The van der Waals surface area contributed by atoms with Crippen LogP contribution in [0.1, 0.15) is 18.5 Å². The van der Waals surface area contributed by atoms with Crippen LogP contribution in [0.15, 0.2) is 36.5 Å². The third kappa shape index (κ3) is 1.93. The van der Waals surface area contributed by atoms with Crippen LogP contribution in [0.25, 0.3) is 10.8 Å². The minimum Gasteiger partial charge on any atom is -0.298 e. The first-order valence-corrected chi connectivity index (χ1v) is 5.98. The maximum atomic E-state index is 4.53. The van der Waals surface area contributed by atoms with Crippen LogP contribution in [0, 0.1) is 0 Å². The zero-order chi connectivity index (χ0) is 10.8. The highest BCUT2D eigenvalue weighted by molar-refractivity contribution is 5.81. The van der Waals surface area contributed by atoms with Crippen molar-refractivity contribution in [3.63, 3.8) is 0 Å². The van der Waals surface area contributed by atoms with Gasteiger partial charge in [-0.1, -0.05) is 24.3 Å². The van der Waals surface area contributed by atoms with Crippen molar-refractivity contribution < 1.29 is 0 Å². The molecule has 0 bridgehead atoms. The zero-order valence-electron chi connectivity index (χ0n) is 9.39. The van der Waals surface area contributed by atoms with Gasteiger partial charge in [0.2, 0.25) is 0 Å². The summed E-state index contributed by atoms with van der Waals surface area (Å²) in [4.78, 5) is 7.01. The molecule has 0 saturated carbocycles. The number of hydrogen-bond acceptors (Lipinski definition) is 2. The molecule has 1 fully saturated rings. The molecule has 0 N–H and O–H groups in total. The van der Waals surface area contributed by atoms with Gasteiger partial charge >= 0.3 is 0 Å². The van der Waals surface area contributed by atoms with Gasteiger partial charge in [0.1, 0.15) is 0 Å². The van der Waals surface area contributed by atoms with E-state index >= 15 is 0 Å². The first-order valence-electron chi connectivity index (χ1n) is 5.98. The van der Waals surface area contributed by atoms with Gasteiger partial charge in [-0.2, -0.15) is 0 Å². The van der Waals surface area contributed by atoms with Crippen molar-refractivity contribution in [2.75, 3.05) is 13.1 Å². The Morgan fingerprint density at radius 3 is 2.62 bits per heavy atom. The Morgan fingerprint density at radius 2 is 1.81 bits per heavy atom. The topological polar surface area (TPSA) is 16.1 Å². The molecular formula is C14H16N2. The highest BCUT2D eigenvalue weighted by Gasteiger charge is 2.12. The van der Waals surface area contributed by atoms with Crippen LogP contribution in [0.3, 0.4) is 0 Å². The van der Waals surface area contributed by atoms with Crippen molar-refractivity contribution in [2.45, 2.75) is 19.4 Å². The van der Waals surface area contributed by atoms with E-state index in [-0.39, 0.29) is 0 Å². The van der Waals surface area contributed by atoms with Crippen LogP contribution >= 0.6 is 0 Å². The van der Waals surface area contributed by atoms with Crippen LogP contribution in [0.5, 0.6) is 0 Å². The van der Waals surface area contributed by atoms with Crippen molar-refractivity contribution in [1.29, 1.82) is 0 Å². The fraction of sp³-hybridized carbons (Fsp3) is 0.357. The van der Waals surface area contributed by atoms with E-state index in [1.807, 2.05) is 6.20 Å². The molecule has 1 aromatic heterocycles. The van der Waals surface area contributed by atoms with Crippen LogP contribution < -0.4 is 0 Å². The highest BCUT2D eigenvalue weighted by atomic mass is 15.1. The van der Waals surface area contributed by atoms with E-state index in [1.165, 1.54) is 42.4 Å². The number of nitrogens with zero attached hydrogens (tertiary/aromatic N) is 2. The second kappa shape index (κ2) is 4.22. The molecule has 2 nitrogen and oxygen atoms in total. The Kier molecular flexibility index (Phi) is 2.58. The quantitative estimate of drug-likeness (QED) is 0.761. The van der Waals surface area contributed by atoms with E-state index in [9.17, 15) is 0 Å². The summed E-state index contributed by atoms with van der Waals surface area (Å²) < 4.78 is 0. The molecule has 0 unspecified atom stereocenters. The summed E-state index contributed by atoms with van der Waals surface area (Å²) in [6.07, 6.45) is 4.67. The number of aromatic nitrogens is 1. The Morgan fingerprint density at radius 1 is 1.06 bits per heavy atom. The number of fused-ring (bicyclic) bond motifs is 1. The van der Waals surface area contributed by atoms with Crippen molar-refractivity contribution in [1.82, 2.24) is 9.88 Å². The molecule has 0 aliphatic carbocycles. The molecule has 0 atom stereocenters. The Labute approximate surface area is 95.9 Å². The maximum Gasteiger partial charge on any atom is 0.0550 e. The van der Waals surface area contributed by atoms with Crippen molar-refractivity contribution in [3.8, 4) is 0 Å². The number of pyridine rings is 1. The third-order valence-corrected chi connectivity index (χ3v) is 3.27. The lowest BCUT2D eigenvalue weighted by Gasteiger charge is -2.13. The average molecular weight is 212 g/mol. The second-order valence-electron chi connectivity index (χ2n) is 4.51. The van der Waals surface area contributed by atoms with Gasteiger partial charge in [-0.25, -0.2) is 0 Å². The summed E-state index contributed by atoms with van der Waals surface area (Å²) >= 11 is 0. The molecule has 2 heteroatoms. The smallest absolute Gasteiger partial charge is 0.0550 e. The van der Waals surface area contributed by atoms with Gasteiger partial charge in [-0.05, 0) is 37.4 Å². The largest absolute Gasteiger partial charge is 0.298 e. The van der Waals surface area contributed by atoms with Gasteiger partial charge in [0, 0.05) is 18.1 Å². The summed E-state index contributed by atoms with van der Waals surface area (Å²) in [6.45, 7) is 3.47. The predicted molar refractivity (Wildman–Crippen MR) is 66.3 cm³/mol. The van der Waals surface area contributed by atoms with Gasteiger partial charge < -0.3 is 0 Å². The van der Waals surface area contributed by atoms with E-state index in [1.54, 1.807) is 0 Å². The highest BCUT2D eigenvalue weighted by Crippen LogP contribution is 2.16. The molecule has 0 radical (unpaired) electrons. The van der Waals surface area contributed by atoms with Crippen molar-refractivity contribution in [2.24, 2.45) is 0 Å². The van der Waals surface area contributed by atoms with Gasteiger partial charge in [0.05, 0.1) is 5.69 Å². The Balaban J connectivity index is 1.86. The fourth-order valence-electron chi connectivity index (χ4n) is 2.39. The average Bonchev–Trinajstić information content (AvgIpc) is 2.82. The second-order valence-corrected chi connectivity index (χ2v) is 4.51. The van der Waals surface area contributed by atoms with Crippen LogP contribution in [0.2, 0.25) is 0 Å². The predicted octanol–water partition coefficient (Wildman–Crippen LogP) is 2.83. The minimum absolute atomic E-state index is 1.00. The Hall–Kier alpha value is -1.41. The standard InChI is InChI=1S/C14H16N2/c1-2-6-13-10-15-14(9-12(13)5-1)11-16-7-3-4-8-16/h1-2,5-6,9-10H,3-4,7-8,11H2. The molecule has 1 aromatic carbocycles. The van der Waals surface area contributed by atoms with Crippen molar-refractivity contribution >= 4 is 10.8 Å². The lowest BCUT2D eigenvalue weighted by atomic mass is 10.1. The molecule has 0 amide bonds. The Bertz CT molecular complexity index is 487. The lowest BCUT2D eigenvalue weighted by Crippen LogP contribution is -2.18. The summed E-state index contributed by atoms with van der Waals surface area (Å²) in [6, 6.07) is 10.6. The summed E-state index contributed by atoms with van der Waals surface area (Å²) in [5.41, 5.74) is 1.20. The third-order valence-electron chi connectivity index (χ3n) is 3.27. The molecule has 1 saturated heterocycles. The van der Waals surface area contributed by atoms with E-state index < -0.39 is 0 Å². The molecule has 0 spiro atoms. The molecule has 2 aromatic rings. The van der Waals surface area contributed by atoms with Gasteiger partial charge in [0.25, 0.3) is 0 Å². The minimum atomic E-state index is 1.00. The first-order chi connectivity index (χ1) is 7.92. The SMILES string of the molecule is c1ccc2cc(CN3CCCC3)ncc2c1. The molecular weight excluding hydrogens is 196 g/mol. The van der Waals surface area contributed by atoms with Crippen LogP contribution in [-0.2, 0) is 6.54 Å². The number of hydrogen-bond donors (Lipinski definition) is 0. The summed E-state index contributed by atoms with van der Waals surface area (Å²) in [7, 11) is 0. The molecule has 3 rings (SSSR count). The normalized spacial score (nSPS) is 17.0. The lowest BCUT2D eigenvalue weighted by molar-refractivity contribution is 0.327. The summed E-state index contributed by atoms with van der Waals surface area (Å²) in [5.74, 6) is 0. The van der Waals surface area contributed by atoms with E-state index in [2.05, 4.69) is 40.2 Å². The van der Waals surface area contributed by atoms with E-state index in [0.29, 0.717) is 0 Å². The summed E-state index contributed by atoms with van der Waals surface area (Å²) in [5, 5.41) is 2.53. The fourth-order valence-corrected chi connectivity index (χ4v) is 2.39. The molecule has 1 aliphatic heterocycles. The van der Waals surface area contributed by atoms with E-state index in [0.717, 1.165) is 6.54 Å². The number of benzene rings is 1. The first kappa shape index (κ1) is 9.79. The molecule has 16 heavy (non-hydrogen) atoms. The number of likely N-dealkylation sites (tertiary alicyclic amines) is 1. The zero-order valence-corrected chi connectivity index (χ0v) is 9.39. The van der Waals surface area contributed by atoms with Crippen molar-refractivity contribution in [3.05, 3.63) is 42.2 Å². The van der Waals surface area contributed by atoms with Gasteiger partial charge in [0.15, 0.2) is 0 Å². The molecule has 2 heterocycles. The monoisotopic (exact) mass is 212 g/mol. The molecule has 82 valence electrons. The van der Waals surface area contributed by atoms with Crippen LogP contribution in [0.4, 0.5) is 0 Å². The maximum absolute atomic E-state index is 4.53. The number of rotatable bonds is 2. The van der Waals surface area contributed by atoms with E-state index in [4.69, 9.17) is 0 Å². The van der Waals surface area contributed by atoms with Gasteiger partial charge in [-0.3, -0.25) is 9.88 Å².